The summed E-state index contributed by atoms with van der Waals surface area (Å²) in [6, 6.07) is 8.76. The SMILES string of the molecule is CCCCc1nc2ccc(Br)cc2c(=O)n1N=Cc1cc(Cl)c(OCC(=O)OC)c(Br)c1. The number of ether oxygens (including phenoxy) is 2. The van der Waals surface area contributed by atoms with Crippen LogP contribution < -0.4 is 10.3 Å². The lowest BCUT2D eigenvalue weighted by molar-refractivity contribution is -0.142. The maximum Gasteiger partial charge on any atom is 0.343 e. The first-order valence-corrected chi connectivity index (χ1v) is 11.7. The molecule has 0 unspecified atom stereocenters. The third-order valence-corrected chi connectivity index (χ3v) is 5.90. The number of halogens is 3. The second-order valence-electron chi connectivity index (χ2n) is 6.83. The Kier molecular flexibility index (Phi) is 8.44. The highest BCUT2D eigenvalue weighted by Gasteiger charge is 2.13. The van der Waals surface area contributed by atoms with E-state index < -0.39 is 5.97 Å². The Morgan fingerprint density at radius 1 is 1.28 bits per heavy atom. The van der Waals surface area contributed by atoms with Crippen LogP contribution in [-0.2, 0) is 16.0 Å². The molecule has 3 rings (SSSR count). The summed E-state index contributed by atoms with van der Waals surface area (Å²) < 4.78 is 12.6. The molecule has 0 saturated heterocycles. The van der Waals surface area contributed by atoms with E-state index in [1.807, 2.05) is 12.1 Å². The molecule has 0 spiro atoms. The van der Waals surface area contributed by atoms with Crippen LogP contribution in [0.5, 0.6) is 5.75 Å². The van der Waals surface area contributed by atoms with Crippen LogP contribution in [-0.4, -0.2) is 35.6 Å². The molecule has 0 N–H and O–H groups in total. The van der Waals surface area contributed by atoms with E-state index >= 15 is 0 Å². The predicted molar refractivity (Wildman–Crippen MR) is 132 cm³/mol. The standard InChI is InChI=1S/C22H20Br2ClN3O4/c1-3-4-5-19-27-18-7-6-14(23)10-15(18)22(30)28(19)26-11-13-8-16(24)21(17(25)9-13)32-12-20(29)31-2/h6-11H,3-5,12H2,1-2H3. The number of hydrogen-bond donors (Lipinski definition) is 0. The van der Waals surface area contributed by atoms with Gasteiger partial charge in [0.15, 0.2) is 12.4 Å². The Labute approximate surface area is 206 Å². The molecule has 0 radical (unpaired) electrons. The van der Waals surface area contributed by atoms with Gasteiger partial charge in [-0.3, -0.25) is 4.79 Å². The molecule has 0 aliphatic carbocycles. The molecule has 7 nitrogen and oxygen atoms in total. The van der Waals surface area contributed by atoms with Crippen LogP contribution in [0.4, 0.5) is 0 Å². The Morgan fingerprint density at radius 3 is 2.75 bits per heavy atom. The van der Waals surface area contributed by atoms with Crippen molar-refractivity contribution in [2.24, 2.45) is 5.10 Å². The van der Waals surface area contributed by atoms with Crippen molar-refractivity contribution in [2.45, 2.75) is 26.2 Å². The molecule has 3 aromatic rings. The fourth-order valence-electron chi connectivity index (χ4n) is 2.92. The quantitative estimate of drug-likeness (QED) is 0.263. The largest absolute Gasteiger partial charge is 0.479 e. The minimum atomic E-state index is -0.520. The molecule has 32 heavy (non-hydrogen) atoms. The number of aryl methyl sites for hydroxylation is 1. The smallest absolute Gasteiger partial charge is 0.343 e. The number of unbranched alkanes of at least 4 members (excludes halogenated alkanes) is 1. The highest BCUT2D eigenvalue weighted by molar-refractivity contribution is 9.10. The van der Waals surface area contributed by atoms with Gasteiger partial charge in [-0.05, 0) is 58.2 Å². The van der Waals surface area contributed by atoms with Gasteiger partial charge in [0, 0.05) is 10.9 Å². The van der Waals surface area contributed by atoms with Gasteiger partial charge >= 0.3 is 5.97 Å². The normalized spacial score (nSPS) is 11.3. The number of rotatable bonds is 8. The lowest BCUT2D eigenvalue weighted by Crippen LogP contribution is -2.22. The van der Waals surface area contributed by atoms with Crippen molar-refractivity contribution in [2.75, 3.05) is 13.7 Å². The van der Waals surface area contributed by atoms with E-state index in [4.69, 9.17) is 16.3 Å². The molecule has 0 amide bonds. The van der Waals surface area contributed by atoms with Crippen molar-refractivity contribution in [3.63, 3.8) is 0 Å². The molecule has 0 aliphatic rings. The molecular formula is C22H20Br2ClN3O4. The monoisotopic (exact) mass is 583 g/mol. The second-order valence-corrected chi connectivity index (χ2v) is 9.01. The summed E-state index contributed by atoms with van der Waals surface area (Å²) in [5.41, 5.74) is 1.02. The molecule has 10 heteroatoms. The Hall–Kier alpha value is -2.23. The first-order chi connectivity index (χ1) is 15.3. The number of aromatic nitrogens is 2. The number of esters is 1. The molecule has 0 fully saturated rings. The summed E-state index contributed by atoms with van der Waals surface area (Å²) in [7, 11) is 1.28. The lowest BCUT2D eigenvalue weighted by Gasteiger charge is -2.11. The average molecular weight is 586 g/mol. The second kappa shape index (κ2) is 11.1. The van der Waals surface area contributed by atoms with Crippen LogP contribution in [0.15, 0.2) is 49.2 Å². The summed E-state index contributed by atoms with van der Waals surface area (Å²) in [6.45, 7) is 1.81. The maximum absolute atomic E-state index is 13.1. The number of nitrogens with zero attached hydrogens (tertiary/aromatic N) is 3. The molecular weight excluding hydrogens is 566 g/mol. The van der Waals surface area contributed by atoms with Crippen molar-refractivity contribution in [3.05, 3.63) is 66.0 Å². The minimum Gasteiger partial charge on any atom is -0.479 e. The third-order valence-electron chi connectivity index (χ3n) is 4.53. The highest BCUT2D eigenvalue weighted by Crippen LogP contribution is 2.34. The Morgan fingerprint density at radius 2 is 2.06 bits per heavy atom. The van der Waals surface area contributed by atoms with Gasteiger partial charge in [-0.25, -0.2) is 9.78 Å². The first-order valence-electron chi connectivity index (χ1n) is 9.78. The van der Waals surface area contributed by atoms with Gasteiger partial charge in [0.2, 0.25) is 0 Å². The molecule has 0 bridgehead atoms. The third kappa shape index (κ3) is 5.76. The van der Waals surface area contributed by atoms with Gasteiger partial charge in [0.1, 0.15) is 5.82 Å². The summed E-state index contributed by atoms with van der Waals surface area (Å²) >= 11 is 13.1. The van der Waals surface area contributed by atoms with Gasteiger partial charge in [0.25, 0.3) is 5.56 Å². The van der Waals surface area contributed by atoms with Gasteiger partial charge in [-0.2, -0.15) is 9.78 Å². The van der Waals surface area contributed by atoms with Crippen molar-refractivity contribution >= 4 is 66.5 Å². The molecule has 168 valence electrons. The van der Waals surface area contributed by atoms with Crippen LogP contribution in [0.2, 0.25) is 5.02 Å². The zero-order valence-electron chi connectivity index (χ0n) is 17.4. The zero-order valence-corrected chi connectivity index (χ0v) is 21.3. The molecule has 1 heterocycles. The number of fused-ring (bicyclic) bond motifs is 1. The van der Waals surface area contributed by atoms with Crippen molar-refractivity contribution in [1.82, 2.24) is 9.66 Å². The Bertz CT molecular complexity index is 1220. The van der Waals surface area contributed by atoms with E-state index in [-0.39, 0.29) is 17.2 Å². The van der Waals surface area contributed by atoms with E-state index in [2.05, 4.69) is 53.6 Å². The first kappa shape index (κ1) is 24.4. The highest BCUT2D eigenvalue weighted by atomic mass is 79.9. The maximum atomic E-state index is 13.1. The average Bonchev–Trinajstić information content (AvgIpc) is 2.76. The summed E-state index contributed by atoms with van der Waals surface area (Å²) in [5.74, 6) is 0.381. The predicted octanol–water partition coefficient (Wildman–Crippen LogP) is 5.35. The van der Waals surface area contributed by atoms with Gasteiger partial charge in [-0.15, -0.1) is 0 Å². The molecule has 1 aromatic heterocycles. The summed E-state index contributed by atoms with van der Waals surface area (Å²) in [6.07, 6.45) is 4.00. The van der Waals surface area contributed by atoms with Gasteiger partial charge in [0.05, 0.1) is 33.7 Å². The van der Waals surface area contributed by atoms with E-state index in [1.54, 1.807) is 18.2 Å². The number of benzene rings is 2. The Balaban J connectivity index is 1.99. The lowest BCUT2D eigenvalue weighted by atomic mass is 10.2. The van der Waals surface area contributed by atoms with Crippen LogP contribution in [0.25, 0.3) is 10.9 Å². The number of hydrogen-bond acceptors (Lipinski definition) is 6. The van der Waals surface area contributed by atoms with E-state index in [0.717, 1.165) is 17.3 Å². The van der Waals surface area contributed by atoms with Crippen molar-refractivity contribution in [3.8, 4) is 5.75 Å². The van der Waals surface area contributed by atoms with Gasteiger partial charge < -0.3 is 9.47 Å². The fraction of sp³-hybridized carbons (Fsp3) is 0.273. The van der Waals surface area contributed by atoms with E-state index in [9.17, 15) is 9.59 Å². The van der Waals surface area contributed by atoms with E-state index in [1.165, 1.54) is 18.0 Å². The zero-order chi connectivity index (χ0) is 23.3. The number of methoxy groups -OCH3 is 1. The molecule has 0 atom stereocenters. The summed E-state index contributed by atoms with van der Waals surface area (Å²) in [5, 5.41) is 5.17. The van der Waals surface area contributed by atoms with Crippen LogP contribution in [0.1, 0.15) is 31.2 Å². The molecule has 2 aromatic carbocycles. The van der Waals surface area contributed by atoms with Gasteiger partial charge in [-0.1, -0.05) is 40.9 Å². The summed E-state index contributed by atoms with van der Waals surface area (Å²) in [4.78, 5) is 29.1. The molecule has 0 aliphatic heterocycles. The van der Waals surface area contributed by atoms with E-state index in [0.29, 0.717) is 38.9 Å². The number of carbonyl (C=O) groups excluding carboxylic acids is 1. The van der Waals surface area contributed by atoms with Crippen LogP contribution >= 0.6 is 43.5 Å². The fourth-order valence-corrected chi connectivity index (χ4v) is 4.27. The van der Waals surface area contributed by atoms with Crippen molar-refractivity contribution in [1.29, 1.82) is 0 Å². The van der Waals surface area contributed by atoms with Crippen LogP contribution in [0.3, 0.4) is 0 Å². The molecule has 0 saturated carbocycles. The topological polar surface area (TPSA) is 82.8 Å². The number of carbonyl (C=O) groups is 1. The van der Waals surface area contributed by atoms with Crippen molar-refractivity contribution < 1.29 is 14.3 Å². The van der Waals surface area contributed by atoms with Crippen LogP contribution in [0, 0.1) is 0 Å². The minimum absolute atomic E-state index is 0.248.